The maximum Gasteiger partial charge on any atom is 0.319 e. The van der Waals surface area contributed by atoms with Crippen LogP contribution in [0.25, 0.3) is 0 Å². The molecule has 0 spiro atoms. The molecule has 1 rings (SSSR count). The molecule has 0 aromatic carbocycles. The standard InChI is InChI=1S/C13H25N3O3/c1-4-13(11(17)18)5-8-16(9-6-13)12(19)15(3)10-7-14-2/h14H,4-10H2,1-3H3,(H,17,18). The summed E-state index contributed by atoms with van der Waals surface area (Å²) in [6.45, 7) is 4.38. The van der Waals surface area contributed by atoms with Crippen molar-refractivity contribution in [3.63, 3.8) is 0 Å². The van der Waals surface area contributed by atoms with Gasteiger partial charge in [-0.25, -0.2) is 4.79 Å². The van der Waals surface area contributed by atoms with Crippen molar-refractivity contribution >= 4 is 12.0 Å². The molecule has 1 fully saturated rings. The zero-order chi connectivity index (χ0) is 14.5. The van der Waals surface area contributed by atoms with Crippen molar-refractivity contribution in [2.45, 2.75) is 26.2 Å². The van der Waals surface area contributed by atoms with Gasteiger partial charge in [0, 0.05) is 33.2 Å². The summed E-state index contributed by atoms with van der Waals surface area (Å²) in [5.41, 5.74) is -0.639. The van der Waals surface area contributed by atoms with Gasteiger partial charge in [0.15, 0.2) is 0 Å². The molecule has 1 aliphatic heterocycles. The van der Waals surface area contributed by atoms with Crippen LogP contribution in [0.2, 0.25) is 0 Å². The lowest BCUT2D eigenvalue weighted by Crippen LogP contribution is -2.50. The van der Waals surface area contributed by atoms with Gasteiger partial charge in [-0.05, 0) is 26.3 Å². The van der Waals surface area contributed by atoms with Crippen molar-refractivity contribution in [3.8, 4) is 0 Å². The predicted octanol–water partition coefficient (Wildman–Crippen LogP) is 0.834. The number of urea groups is 1. The number of nitrogens with zero attached hydrogens (tertiary/aromatic N) is 2. The summed E-state index contributed by atoms with van der Waals surface area (Å²) in [6, 6.07) is -0.00894. The summed E-state index contributed by atoms with van der Waals surface area (Å²) in [5, 5.41) is 12.3. The first kappa shape index (κ1) is 15.8. The van der Waals surface area contributed by atoms with Crippen LogP contribution < -0.4 is 5.32 Å². The SMILES string of the molecule is CCC1(C(=O)O)CCN(C(=O)N(C)CCNC)CC1. The van der Waals surface area contributed by atoms with Crippen LogP contribution in [-0.2, 0) is 4.79 Å². The number of carboxylic acids is 1. The highest BCUT2D eigenvalue weighted by molar-refractivity contribution is 5.77. The van der Waals surface area contributed by atoms with E-state index in [4.69, 9.17) is 0 Å². The summed E-state index contributed by atoms with van der Waals surface area (Å²) < 4.78 is 0. The molecular formula is C13H25N3O3. The molecule has 6 nitrogen and oxygen atoms in total. The van der Waals surface area contributed by atoms with Gasteiger partial charge in [0.05, 0.1) is 5.41 Å². The molecule has 1 aliphatic rings. The fourth-order valence-electron chi connectivity index (χ4n) is 2.46. The maximum absolute atomic E-state index is 12.1. The Kier molecular flexibility index (Phi) is 5.60. The van der Waals surface area contributed by atoms with Gasteiger partial charge in [0.2, 0.25) is 0 Å². The number of carbonyl (C=O) groups excluding carboxylic acids is 1. The second kappa shape index (κ2) is 6.75. The average Bonchev–Trinajstić information content (AvgIpc) is 2.43. The van der Waals surface area contributed by atoms with Gasteiger partial charge in [-0.1, -0.05) is 6.92 Å². The average molecular weight is 271 g/mol. The molecule has 0 unspecified atom stereocenters. The first-order valence-corrected chi connectivity index (χ1v) is 6.85. The first-order chi connectivity index (χ1) is 8.96. The number of hydrogen-bond donors (Lipinski definition) is 2. The molecule has 0 aromatic rings. The normalized spacial score (nSPS) is 18.2. The maximum atomic E-state index is 12.1. The molecule has 1 heterocycles. The van der Waals surface area contributed by atoms with Gasteiger partial charge in [0.25, 0.3) is 0 Å². The van der Waals surface area contributed by atoms with Crippen LogP contribution in [0.4, 0.5) is 4.79 Å². The van der Waals surface area contributed by atoms with Crippen LogP contribution in [0, 0.1) is 5.41 Å². The fraction of sp³-hybridized carbons (Fsp3) is 0.846. The summed E-state index contributed by atoms with van der Waals surface area (Å²) in [4.78, 5) is 26.9. The molecule has 0 saturated carbocycles. The molecule has 0 aliphatic carbocycles. The van der Waals surface area contributed by atoms with E-state index >= 15 is 0 Å². The third-order valence-corrected chi connectivity index (χ3v) is 4.15. The molecule has 0 bridgehead atoms. The Hall–Kier alpha value is -1.30. The van der Waals surface area contributed by atoms with Crippen LogP contribution in [-0.4, -0.2) is 67.2 Å². The molecule has 0 atom stereocenters. The molecule has 0 radical (unpaired) electrons. The van der Waals surface area contributed by atoms with E-state index in [0.717, 1.165) is 6.54 Å². The van der Waals surface area contributed by atoms with Crippen molar-refractivity contribution in [1.29, 1.82) is 0 Å². The lowest BCUT2D eigenvalue weighted by Gasteiger charge is -2.39. The minimum atomic E-state index is -0.731. The molecule has 6 heteroatoms. The third-order valence-electron chi connectivity index (χ3n) is 4.15. The number of rotatable bonds is 5. The number of nitrogens with one attached hydrogen (secondary N) is 1. The minimum Gasteiger partial charge on any atom is -0.481 e. The Balaban J connectivity index is 2.53. The predicted molar refractivity (Wildman–Crippen MR) is 73.1 cm³/mol. The summed E-state index contributed by atoms with van der Waals surface area (Å²) in [7, 11) is 3.63. The molecule has 1 saturated heterocycles. The van der Waals surface area contributed by atoms with Crippen LogP contribution in [0.5, 0.6) is 0 Å². The van der Waals surface area contributed by atoms with Crippen LogP contribution in [0.3, 0.4) is 0 Å². The van der Waals surface area contributed by atoms with Crippen LogP contribution in [0.1, 0.15) is 26.2 Å². The van der Waals surface area contributed by atoms with Crippen molar-refractivity contribution in [2.75, 3.05) is 40.3 Å². The molecule has 110 valence electrons. The largest absolute Gasteiger partial charge is 0.481 e. The fourth-order valence-corrected chi connectivity index (χ4v) is 2.46. The van der Waals surface area contributed by atoms with Gasteiger partial charge < -0.3 is 20.2 Å². The second-order valence-corrected chi connectivity index (χ2v) is 5.23. The van der Waals surface area contributed by atoms with Crippen molar-refractivity contribution in [2.24, 2.45) is 5.41 Å². The Bertz CT molecular complexity index is 325. The highest BCUT2D eigenvalue weighted by Crippen LogP contribution is 2.35. The van der Waals surface area contributed by atoms with Crippen molar-refractivity contribution in [1.82, 2.24) is 15.1 Å². The van der Waals surface area contributed by atoms with Gasteiger partial charge in [-0.3, -0.25) is 4.79 Å². The number of aliphatic carboxylic acids is 1. The van der Waals surface area contributed by atoms with E-state index in [9.17, 15) is 14.7 Å². The van der Waals surface area contributed by atoms with E-state index < -0.39 is 11.4 Å². The van der Waals surface area contributed by atoms with Gasteiger partial charge in [0.1, 0.15) is 0 Å². The second-order valence-electron chi connectivity index (χ2n) is 5.23. The minimum absolute atomic E-state index is 0.00894. The van der Waals surface area contributed by atoms with Crippen molar-refractivity contribution < 1.29 is 14.7 Å². The number of hydrogen-bond acceptors (Lipinski definition) is 3. The Morgan fingerprint density at radius 3 is 2.37 bits per heavy atom. The van der Waals surface area contributed by atoms with Crippen LogP contribution >= 0.6 is 0 Å². The quantitative estimate of drug-likeness (QED) is 0.777. The number of likely N-dealkylation sites (tertiary alicyclic amines) is 1. The third kappa shape index (κ3) is 3.59. The number of carbonyl (C=O) groups is 2. The molecule has 2 amide bonds. The zero-order valence-electron chi connectivity index (χ0n) is 12.1. The Morgan fingerprint density at radius 2 is 1.95 bits per heavy atom. The van der Waals surface area contributed by atoms with E-state index in [1.54, 1.807) is 16.8 Å². The monoisotopic (exact) mass is 271 g/mol. The summed E-state index contributed by atoms with van der Waals surface area (Å²) >= 11 is 0. The van der Waals surface area contributed by atoms with Gasteiger partial charge in [-0.2, -0.15) is 0 Å². The molecule has 0 aromatic heterocycles. The van der Waals surface area contributed by atoms with E-state index in [2.05, 4.69) is 5.32 Å². The number of carboxylic acid groups (broad SMARTS) is 1. The van der Waals surface area contributed by atoms with E-state index in [1.165, 1.54) is 0 Å². The molecule has 19 heavy (non-hydrogen) atoms. The summed E-state index contributed by atoms with van der Waals surface area (Å²) in [6.07, 6.45) is 1.72. The molecule has 2 N–H and O–H groups in total. The number of piperidine rings is 1. The summed E-state index contributed by atoms with van der Waals surface area (Å²) in [5.74, 6) is -0.731. The van der Waals surface area contributed by atoms with E-state index in [1.807, 2.05) is 14.0 Å². The lowest BCUT2D eigenvalue weighted by molar-refractivity contribution is -0.152. The van der Waals surface area contributed by atoms with Crippen LogP contribution in [0.15, 0.2) is 0 Å². The first-order valence-electron chi connectivity index (χ1n) is 6.85. The molecular weight excluding hydrogens is 246 g/mol. The Labute approximate surface area is 114 Å². The zero-order valence-corrected chi connectivity index (χ0v) is 12.1. The van der Waals surface area contributed by atoms with Gasteiger partial charge >= 0.3 is 12.0 Å². The number of amides is 2. The van der Waals surface area contributed by atoms with Gasteiger partial charge in [-0.15, -0.1) is 0 Å². The topological polar surface area (TPSA) is 72.9 Å². The number of likely N-dealkylation sites (N-methyl/N-ethyl adjacent to an activating group) is 2. The highest BCUT2D eigenvalue weighted by atomic mass is 16.4. The van der Waals surface area contributed by atoms with E-state index in [0.29, 0.717) is 38.9 Å². The smallest absolute Gasteiger partial charge is 0.319 e. The van der Waals surface area contributed by atoms with Crippen molar-refractivity contribution in [3.05, 3.63) is 0 Å². The Morgan fingerprint density at radius 1 is 1.37 bits per heavy atom. The lowest BCUT2D eigenvalue weighted by atomic mass is 9.76. The highest BCUT2D eigenvalue weighted by Gasteiger charge is 2.41. The van der Waals surface area contributed by atoms with E-state index in [-0.39, 0.29) is 6.03 Å².